The summed E-state index contributed by atoms with van der Waals surface area (Å²) >= 11 is 0. The Morgan fingerprint density at radius 1 is 1.28 bits per heavy atom. The zero-order valence-corrected chi connectivity index (χ0v) is 15.0. The fourth-order valence-electron chi connectivity index (χ4n) is 2.81. The number of aliphatic hydroxyl groups is 1. The van der Waals surface area contributed by atoms with Crippen LogP contribution in [0.1, 0.15) is 35.7 Å². The van der Waals surface area contributed by atoms with E-state index < -0.39 is 22.4 Å². The van der Waals surface area contributed by atoms with Crippen molar-refractivity contribution in [1.29, 1.82) is 0 Å². The van der Waals surface area contributed by atoms with E-state index in [4.69, 9.17) is 9.84 Å². The standard InChI is InChI=1S/C17H23NO6S/c1-2-8-18(15-7-9-25(22,23)12-15)16(20)11-24-17(21)14-5-3-13(10-19)4-6-14/h3-6,15,19H,2,7-12H2,1H3/t15-/m1/s1. The fourth-order valence-corrected chi connectivity index (χ4v) is 4.54. The van der Waals surface area contributed by atoms with Crippen molar-refractivity contribution in [3.63, 3.8) is 0 Å². The molecule has 0 aliphatic carbocycles. The summed E-state index contributed by atoms with van der Waals surface area (Å²) in [7, 11) is -3.10. The van der Waals surface area contributed by atoms with Crippen molar-refractivity contribution in [2.45, 2.75) is 32.4 Å². The van der Waals surface area contributed by atoms with Crippen LogP contribution in [-0.2, 0) is 26.0 Å². The first-order valence-electron chi connectivity index (χ1n) is 8.23. The van der Waals surface area contributed by atoms with Gasteiger partial charge in [0.1, 0.15) is 0 Å². The first kappa shape index (κ1) is 19.4. The van der Waals surface area contributed by atoms with Crippen molar-refractivity contribution >= 4 is 21.7 Å². The van der Waals surface area contributed by atoms with Crippen LogP contribution < -0.4 is 0 Å². The minimum atomic E-state index is -3.10. The summed E-state index contributed by atoms with van der Waals surface area (Å²) in [5.74, 6) is -0.963. The van der Waals surface area contributed by atoms with Crippen LogP contribution in [0.15, 0.2) is 24.3 Å². The predicted octanol–water partition coefficient (Wildman–Crippen LogP) is 0.761. The summed E-state index contributed by atoms with van der Waals surface area (Å²) < 4.78 is 28.3. The van der Waals surface area contributed by atoms with E-state index in [1.807, 2.05) is 6.92 Å². The largest absolute Gasteiger partial charge is 0.452 e. The number of ether oxygens (including phenoxy) is 1. The van der Waals surface area contributed by atoms with Gasteiger partial charge in [0.05, 0.1) is 23.7 Å². The lowest BCUT2D eigenvalue weighted by molar-refractivity contribution is -0.136. The van der Waals surface area contributed by atoms with Gasteiger partial charge in [-0.05, 0) is 30.5 Å². The van der Waals surface area contributed by atoms with Gasteiger partial charge < -0.3 is 14.7 Å². The summed E-state index contributed by atoms with van der Waals surface area (Å²) in [6, 6.07) is 5.90. The molecule has 1 fully saturated rings. The lowest BCUT2D eigenvalue weighted by Gasteiger charge is -2.27. The molecule has 0 spiro atoms. The number of carbonyl (C=O) groups excluding carboxylic acids is 2. The van der Waals surface area contributed by atoms with Gasteiger partial charge in [0.2, 0.25) is 0 Å². The van der Waals surface area contributed by atoms with E-state index in [9.17, 15) is 18.0 Å². The molecule has 1 aliphatic rings. The Hall–Kier alpha value is -1.93. The topological polar surface area (TPSA) is 101 Å². The maximum atomic E-state index is 12.4. The molecule has 0 bridgehead atoms. The number of rotatable bonds is 7. The van der Waals surface area contributed by atoms with E-state index in [-0.39, 0.29) is 35.6 Å². The van der Waals surface area contributed by atoms with E-state index in [0.29, 0.717) is 24.9 Å². The quantitative estimate of drug-likeness (QED) is 0.712. The van der Waals surface area contributed by atoms with Crippen molar-refractivity contribution in [2.24, 2.45) is 0 Å². The number of hydrogen-bond donors (Lipinski definition) is 1. The molecule has 1 heterocycles. The van der Waals surface area contributed by atoms with Crippen LogP contribution in [0.2, 0.25) is 0 Å². The molecule has 0 unspecified atom stereocenters. The van der Waals surface area contributed by atoms with Crippen LogP contribution >= 0.6 is 0 Å². The highest BCUT2D eigenvalue weighted by Gasteiger charge is 2.34. The predicted molar refractivity (Wildman–Crippen MR) is 91.7 cm³/mol. The molecule has 1 amide bonds. The van der Waals surface area contributed by atoms with Gasteiger partial charge in [0.15, 0.2) is 16.4 Å². The molecular weight excluding hydrogens is 346 g/mol. The maximum Gasteiger partial charge on any atom is 0.338 e. The van der Waals surface area contributed by atoms with Crippen LogP contribution in [0.5, 0.6) is 0 Å². The molecule has 7 nitrogen and oxygen atoms in total. The first-order valence-corrected chi connectivity index (χ1v) is 10.0. The number of carbonyl (C=O) groups is 2. The van der Waals surface area contributed by atoms with Gasteiger partial charge in [-0.25, -0.2) is 13.2 Å². The van der Waals surface area contributed by atoms with Crippen LogP contribution in [-0.4, -0.2) is 61.0 Å². The Labute approximate surface area is 147 Å². The van der Waals surface area contributed by atoms with Crippen LogP contribution in [0.3, 0.4) is 0 Å². The lowest BCUT2D eigenvalue weighted by atomic mass is 10.1. The molecule has 1 N–H and O–H groups in total. The summed E-state index contributed by atoms with van der Waals surface area (Å²) in [5.41, 5.74) is 0.958. The van der Waals surface area contributed by atoms with Crippen LogP contribution in [0.4, 0.5) is 0 Å². The number of nitrogens with zero attached hydrogens (tertiary/aromatic N) is 1. The highest BCUT2D eigenvalue weighted by molar-refractivity contribution is 7.91. The van der Waals surface area contributed by atoms with Crippen molar-refractivity contribution in [2.75, 3.05) is 24.7 Å². The summed E-state index contributed by atoms with van der Waals surface area (Å²) in [6.07, 6.45) is 1.11. The molecule has 1 aliphatic heterocycles. The Kier molecular flexibility index (Phi) is 6.55. The molecule has 0 saturated carbocycles. The molecule has 8 heteroatoms. The molecule has 1 aromatic rings. The second-order valence-corrected chi connectivity index (χ2v) is 8.30. The zero-order chi connectivity index (χ0) is 18.4. The summed E-state index contributed by atoms with van der Waals surface area (Å²) in [6.45, 7) is 1.79. The molecule has 0 aromatic heterocycles. The second kappa shape index (κ2) is 8.44. The smallest absolute Gasteiger partial charge is 0.338 e. The molecule has 1 saturated heterocycles. The average molecular weight is 369 g/mol. The average Bonchev–Trinajstić information content (AvgIpc) is 2.96. The van der Waals surface area contributed by atoms with Gasteiger partial charge in [-0.2, -0.15) is 0 Å². The first-order chi connectivity index (χ1) is 11.9. The molecule has 138 valence electrons. The van der Waals surface area contributed by atoms with Crippen molar-refractivity contribution < 1.29 is 27.9 Å². The van der Waals surface area contributed by atoms with Gasteiger partial charge in [-0.3, -0.25) is 4.79 Å². The van der Waals surface area contributed by atoms with E-state index >= 15 is 0 Å². The lowest BCUT2D eigenvalue weighted by Crippen LogP contribution is -2.43. The molecule has 0 radical (unpaired) electrons. The van der Waals surface area contributed by atoms with Gasteiger partial charge in [0.25, 0.3) is 5.91 Å². The number of esters is 1. The number of amides is 1. The Balaban J connectivity index is 1.94. The Bertz CT molecular complexity index is 713. The Morgan fingerprint density at radius 3 is 2.48 bits per heavy atom. The maximum absolute atomic E-state index is 12.4. The van der Waals surface area contributed by atoms with Gasteiger partial charge in [0, 0.05) is 12.6 Å². The van der Waals surface area contributed by atoms with Gasteiger partial charge in [-0.15, -0.1) is 0 Å². The van der Waals surface area contributed by atoms with Crippen LogP contribution in [0, 0.1) is 0 Å². The number of hydrogen-bond acceptors (Lipinski definition) is 6. The van der Waals surface area contributed by atoms with E-state index in [2.05, 4.69) is 0 Å². The van der Waals surface area contributed by atoms with Gasteiger partial charge in [-0.1, -0.05) is 19.1 Å². The zero-order valence-electron chi connectivity index (χ0n) is 14.2. The monoisotopic (exact) mass is 369 g/mol. The van der Waals surface area contributed by atoms with E-state index in [1.165, 1.54) is 17.0 Å². The van der Waals surface area contributed by atoms with E-state index in [1.54, 1.807) is 12.1 Å². The molecular formula is C17H23NO6S. The molecule has 25 heavy (non-hydrogen) atoms. The number of aliphatic hydroxyl groups excluding tert-OH is 1. The molecule has 2 rings (SSSR count). The highest BCUT2D eigenvalue weighted by atomic mass is 32.2. The normalized spacial score (nSPS) is 18.7. The van der Waals surface area contributed by atoms with E-state index in [0.717, 1.165) is 0 Å². The number of sulfone groups is 1. The van der Waals surface area contributed by atoms with Crippen LogP contribution in [0.25, 0.3) is 0 Å². The summed E-state index contributed by atoms with van der Waals surface area (Å²) in [5, 5.41) is 8.99. The minimum Gasteiger partial charge on any atom is -0.452 e. The molecule has 1 atom stereocenters. The third-order valence-corrected chi connectivity index (χ3v) is 5.88. The second-order valence-electron chi connectivity index (χ2n) is 6.08. The molecule has 1 aromatic carbocycles. The third kappa shape index (κ3) is 5.27. The van der Waals surface area contributed by atoms with Crippen molar-refractivity contribution in [3.05, 3.63) is 35.4 Å². The number of benzene rings is 1. The summed E-state index contributed by atoms with van der Waals surface area (Å²) in [4.78, 5) is 25.9. The fraction of sp³-hybridized carbons (Fsp3) is 0.529. The van der Waals surface area contributed by atoms with Crippen molar-refractivity contribution in [3.8, 4) is 0 Å². The third-order valence-electron chi connectivity index (χ3n) is 4.13. The Morgan fingerprint density at radius 2 is 1.96 bits per heavy atom. The van der Waals surface area contributed by atoms with Crippen molar-refractivity contribution in [1.82, 2.24) is 4.90 Å². The highest BCUT2D eigenvalue weighted by Crippen LogP contribution is 2.18. The minimum absolute atomic E-state index is 0.0324. The SMILES string of the molecule is CCCN(C(=O)COC(=O)c1ccc(CO)cc1)[C@@H]1CCS(=O)(=O)C1. The van der Waals surface area contributed by atoms with Gasteiger partial charge >= 0.3 is 5.97 Å².